The van der Waals surface area contributed by atoms with Gasteiger partial charge in [0.2, 0.25) is 10.0 Å². The van der Waals surface area contributed by atoms with E-state index in [4.69, 9.17) is 4.74 Å². The van der Waals surface area contributed by atoms with E-state index in [1.165, 1.54) is 7.11 Å². The maximum Gasteiger partial charge on any atom is 0.244 e. The first-order valence-electron chi connectivity index (χ1n) is 7.42. The van der Waals surface area contributed by atoms with E-state index < -0.39 is 10.0 Å². The van der Waals surface area contributed by atoms with Gasteiger partial charge in [0.05, 0.1) is 7.11 Å². The van der Waals surface area contributed by atoms with Crippen molar-refractivity contribution in [2.24, 2.45) is 0 Å². The van der Waals surface area contributed by atoms with Gasteiger partial charge in [0, 0.05) is 13.1 Å². The van der Waals surface area contributed by atoms with Crippen LogP contribution in [0.3, 0.4) is 0 Å². The van der Waals surface area contributed by atoms with E-state index in [1.807, 2.05) is 13.0 Å². The van der Waals surface area contributed by atoms with Crippen LogP contribution in [-0.2, 0) is 16.6 Å². The number of sulfonamides is 1. The minimum absolute atomic E-state index is 0.196. The number of ether oxygens (including phenoxy) is 1. The van der Waals surface area contributed by atoms with Crippen LogP contribution >= 0.6 is 0 Å². The van der Waals surface area contributed by atoms with Gasteiger partial charge >= 0.3 is 0 Å². The molecule has 0 unspecified atom stereocenters. The lowest BCUT2D eigenvalue weighted by Crippen LogP contribution is -2.25. The van der Waals surface area contributed by atoms with E-state index >= 15 is 0 Å². The first kappa shape index (κ1) is 17.9. The van der Waals surface area contributed by atoms with Crippen molar-refractivity contribution in [2.45, 2.75) is 44.6 Å². The van der Waals surface area contributed by atoms with Crippen LogP contribution in [0.4, 0.5) is 0 Å². The van der Waals surface area contributed by atoms with E-state index in [0.29, 0.717) is 18.8 Å². The molecule has 1 rings (SSSR count). The quantitative estimate of drug-likeness (QED) is 0.650. The molecule has 0 aliphatic heterocycles. The largest absolute Gasteiger partial charge is 0.495 e. The zero-order chi connectivity index (χ0) is 15.7. The normalized spacial score (nSPS) is 11.6. The maximum absolute atomic E-state index is 12.3. The van der Waals surface area contributed by atoms with Gasteiger partial charge in [-0.05, 0) is 30.7 Å². The molecule has 0 saturated heterocycles. The van der Waals surface area contributed by atoms with E-state index in [9.17, 15) is 8.42 Å². The van der Waals surface area contributed by atoms with Crippen molar-refractivity contribution >= 4 is 10.0 Å². The SMILES string of the molecule is CCCCCNS(=O)(=O)c1ccc(CNCC)cc1OC. The molecule has 1 aromatic rings. The van der Waals surface area contributed by atoms with Gasteiger partial charge < -0.3 is 10.1 Å². The Bertz CT molecular complexity index is 530. The van der Waals surface area contributed by atoms with Gasteiger partial charge in [0.25, 0.3) is 0 Å². The third-order valence-electron chi connectivity index (χ3n) is 3.17. The second kappa shape index (κ2) is 9.02. The molecule has 1 aromatic carbocycles. The molecule has 0 atom stereocenters. The lowest BCUT2D eigenvalue weighted by Gasteiger charge is -2.12. The molecule has 21 heavy (non-hydrogen) atoms. The van der Waals surface area contributed by atoms with Crippen LogP contribution in [0.25, 0.3) is 0 Å². The number of benzene rings is 1. The summed E-state index contributed by atoms with van der Waals surface area (Å²) >= 11 is 0. The van der Waals surface area contributed by atoms with Crippen molar-refractivity contribution in [3.8, 4) is 5.75 Å². The van der Waals surface area contributed by atoms with Gasteiger partial charge in [-0.3, -0.25) is 0 Å². The van der Waals surface area contributed by atoms with Crippen molar-refractivity contribution in [2.75, 3.05) is 20.2 Å². The average Bonchev–Trinajstić information content (AvgIpc) is 2.49. The number of hydrogen-bond donors (Lipinski definition) is 2. The Kier molecular flexibility index (Phi) is 7.71. The summed E-state index contributed by atoms with van der Waals surface area (Å²) in [6.07, 6.45) is 2.92. The maximum atomic E-state index is 12.3. The Balaban J connectivity index is 2.85. The van der Waals surface area contributed by atoms with E-state index in [0.717, 1.165) is 31.4 Å². The van der Waals surface area contributed by atoms with Crippen LogP contribution in [0.15, 0.2) is 23.1 Å². The fraction of sp³-hybridized carbons (Fsp3) is 0.600. The van der Waals surface area contributed by atoms with Crippen molar-refractivity contribution in [3.63, 3.8) is 0 Å². The summed E-state index contributed by atoms with van der Waals surface area (Å²) in [6.45, 7) is 6.12. The van der Waals surface area contributed by atoms with Gasteiger partial charge in [-0.15, -0.1) is 0 Å². The number of rotatable bonds is 10. The molecular weight excluding hydrogens is 288 g/mol. The Labute approximate surface area is 128 Å². The first-order valence-corrected chi connectivity index (χ1v) is 8.90. The molecule has 0 spiro atoms. The summed E-state index contributed by atoms with van der Waals surface area (Å²) in [5.41, 5.74) is 0.999. The summed E-state index contributed by atoms with van der Waals surface area (Å²) in [6, 6.07) is 5.18. The molecule has 6 heteroatoms. The number of methoxy groups -OCH3 is 1. The standard InChI is InChI=1S/C15H26N2O3S/c1-4-6-7-10-17-21(18,19)15-9-8-13(12-16-5-2)11-14(15)20-3/h8-9,11,16-17H,4-7,10,12H2,1-3H3. The minimum atomic E-state index is -3.52. The van der Waals surface area contributed by atoms with Crippen LogP contribution in [0.5, 0.6) is 5.75 Å². The van der Waals surface area contributed by atoms with Gasteiger partial charge in [-0.25, -0.2) is 13.1 Å². The predicted molar refractivity (Wildman–Crippen MR) is 85.1 cm³/mol. The molecule has 2 N–H and O–H groups in total. The Morgan fingerprint density at radius 3 is 2.57 bits per heavy atom. The lowest BCUT2D eigenvalue weighted by molar-refractivity contribution is 0.401. The Morgan fingerprint density at radius 1 is 1.19 bits per heavy atom. The van der Waals surface area contributed by atoms with E-state index in [1.54, 1.807) is 12.1 Å². The Hall–Kier alpha value is -1.11. The molecule has 5 nitrogen and oxygen atoms in total. The van der Waals surface area contributed by atoms with Crippen LogP contribution in [0, 0.1) is 0 Å². The number of nitrogens with one attached hydrogen (secondary N) is 2. The van der Waals surface area contributed by atoms with Gasteiger partial charge in [0.1, 0.15) is 10.6 Å². The molecule has 0 aliphatic rings. The summed E-state index contributed by atoms with van der Waals surface area (Å²) in [4.78, 5) is 0.196. The van der Waals surface area contributed by atoms with Crippen molar-refractivity contribution in [3.05, 3.63) is 23.8 Å². The third kappa shape index (κ3) is 5.65. The molecule has 0 saturated carbocycles. The molecule has 0 heterocycles. The fourth-order valence-corrected chi connectivity index (χ4v) is 3.20. The zero-order valence-corrected chi connectivity index (χ0v) is 13.9. The summed E-state index contributed by atoms with van der Waals surface area (Å²) in [7, 11) is -2.03. The van der Waals surface area contributed by atoms with E-state index in [2.05, 4.69) is 17.0 Å². The minimum Gasteiger partial charge on any atom is -0.495 e. The smallest absolute Gasteiger partial charge is 0.244 e. The van der Waals surface area contributed by atoms with Gasteiger partial charge in [0.15, 0.2) is 0 Å². The Morgan fingerprint density at radius 2 is 1.95 bits per heavy atom. The first-order chi connectivity index (χ1) is 10.0. The highest BCUT2D eigenvalue weighted by Gasteiger charge is 2.19. The van der Waals surface area contributed by atoms with Crippen LogP contribution in [0.1, 0.15) is 38.7 Å². The van der Waals surface area contributed by atoms with Gasteiger partial charge in [-0.2, -0.15) is 0 Å². The second-order valence-corrected chi connectivity index (χ2v) is 6.61. The summed E-state index contributed by atoms with van der Waals surface area (Å²) < 4.78 is 32.4. The second-order valence-electron chi connectivity index (χ2n) is 4.87. The monoisotopic (exact) mass is 314 g/mol. The number of hydrogen-bond acceptors (Lipinski definition) is 4. The molecule has 0 fully saturated rings. The van der Waals surface area contributed by atoms with Crippen molar-refractivity contribution in [1.29, 1.82) is 0 Å². The van der Waals surface area contributed by atoms with Crippen LogP contribution in [-0.4, -0.2) is 28.6 Å². The van der Waals surface area contributed by atoms with Gasteiger partial charge in [-0.1, -0.05) is 32.8 Å². The third-order valence-corrected chi connectivity index (χ3v) is 4.67. The highest BCUT2D eigenvalue weighted by molar-refractivity contribution is 7.89. The average molecular weight is 314 g/mol. The molecule has 0 aliphatic carbocycles. The molecule has 0 bridgehead atoms. The molecule has 0 aromatic heterocycles. The van der Waals surface area contributed by atoms with E-state index in [-0.39, 0.29) is 4.90 Å². The fourth-order valence-electron chi connectivity index (χ4n) is 1.97. The molecular formula is C15H26N2O3S. The molecule has 0 amide bonds. The lowest BCUT2D eigenvalue weighted by atomic mass is 10.2. The number of unbranched alkanes of at least 4 members (excludes halogenated alkanes) is 2. The summed E-state index contributed by atoms with van der Waals surface area (Å²) in [5.74, 6) is 0.383. The topological polar surface area (TPSA) is 67.4 Å². The van der Waals surface area contributed by atoms with Crippen LogP contribution in [0.2, 0.25) is 0 Å². The van der Waals surface area contributed by atoms with Crippen molar-refractivity contribution in [1.82, 2.24) is 10.0 Å². The molecule has 0 radical (unpaired) electrons. The summed E-state index contributed by atoms with van der Waals surface area (Å²) in [5, 5.41) is 3.20. The predicted octanol–water partition coefficient (Wildman–Crippen LogP) is 2.27. The highest BCUT2D eigenvalue weighted by atomic mass is 32.2. The molecule has 120 valence electrons. The zero-order valence-electron chi connectivity index (χ0n) is 13.1. The van der Waals surface area contributed by atoms with Crippen molar-refractivity contribution < 1.29 is 13.2 Å². The highest BCUT2D eigenvalue weighted by Crippen LogP contribution is 2.24. The van der Waals surface area contributed by atoms with Crippen LogP contribution < -0.4 is 14.8 Å².